The number of nitrogens with zero attached hydrogens (tertiary/aromatic N) is 2. The number of aromatic nitrogens is 1. The minimum absolute atomic E-state index is 0.0134. The van der Waals surface area contributed by atoms with Gasteiger partial charge in [0.2, 0.25) is 10.0 Å². The molecule has 0 amide bonds. The van der Waals surface area contributed by atoms with E-state index in [1.54, 1.807) is 0 Å². The summed E-state index contributed by atoms with van der Waals surface area (Å²) in [6.45, 7) is -0.646. The van der Waals surface area contributed by atoms with Gasteiger partial charge in [0.05, 0.1) is 17.1 Å². The number of fused-ring (bicyclic) bond motifs is 3. The molecule has 12 nitrogen and oxygen atoms in total. The van der Waals surface area contributed by atoms with Gasteiger partial charge in [-0.05, 0) is 104 Å². The molecule has 0 spiro atoms. The smallest absolute Gasteiger partial charge is 0.387 e. The van der Waals surface area contributed by atoms with Crippen molar-refractivity contribution in [3.05, 3.63) is 122 Å². The number of pyridine rings is 1. The normalized spacial score (nSPS) is 20.0. The highest BCUT2D eigenvalue weighted by atomic mass is 35.5. The first-order valence-electron chi connectivity index (χ1n) is 18.5. The first-order chi connectivity index (χ1) is 27.7. The minimum Gasteiger partial charge on any atom is -0.619 e. The van der Waals surface area contributed by atoms with Crippen molar-refractivity contribution in [2.45, 2.75) is 61.9 Å². The molecule has 18 heteroatoms. The van der Waals surface area contributed by atoms with Gasteiger partial charge in [-0.3, -0.25) is 4.90 Å². The van der Waals surface area contributed by atoms with Gasteiger partial charge >= 0.3 is 18.6 Å². The number of piperidine rings is 3. The van der Waals surface area contributed by atoms with Gasteiger partial charge in [0.25, 0.3) is 0 Å². The molecule has 4 aliphatic rings. The average molecular weight is 865 g/mol. The fourth-order valence-corrected chi connectivity index (χ4v) is 8.89. The quantitative estimate of drug-likeness (QED) is 0.0713. The van der Waals surface area contributed by atoms with Gasteiger partial charge < -0.3 is 24.2 Å². The number of halogens is 5. The van der Waals surface area contributed by atoms with Gasteiger partial charge in [-0.15, -0.1) is 0 Å². The zero-order valence-electron chi connectivity index (χ0n) is 30.7. The van der Waals surface area contributed by atoms with Crippen LogP contribution in [0, 0.1) is 22.9 Å². The summed E-state index contributed by atoms with van der Waals surface area (Å²) in [6, 6.07) is 12.1. The van der Waals surface area contributed by atoms with E-state index in [0.717, 1.165) is 69.4 Å². The monoisotopic (exact) mass is 863 g/mol. The van der Waals surface area contributed by atoms with Crippen LogP contribution in [0.3, 0.4) is 0 Å². The van der Waals surface area contributed by atoms with Crippen LogP contribution < -0.4 is 18.9 Å². The summed E-state index contributed by atoms with van der Waals surface area (Å²) in [5, 5.41) is 11.9. The van der Waals surface area contributed by atoms with Crippen molar-refractivity contribution in [1.29, 1.82) is 0 Å². The van der Waals surface area contributed by atoms with Gasteiger partial charge in [0, 0.05) is 18.5 Å². The molecule has 1 saturated carbocycles. The van der Waals surface area contributed by atoms with Crippen LogP contribution in [-0.4, -0.2) is 64.2 Å². The van der Waals surface area contributed by atoms with E-state index in [2.05, 4.69) is 14.4 Å². The molecule has 0 radical (unpaired) electrons. The predicted molar refractivity (Wildman–Crippen MR) is 204 cm³/mol. The number of benzene rings is 3. The van der Waals surface area contributed by atoms with Gasteiger partial charge in [-0.25, -0.2) is 22.4 Å². The largest absolute Gasteiger partial charge is 0.619 e. The highest BCUT2D eigenvalue weighted by Gasteiger charge is 2.39. The maximum atomic E-state index is 14.4. The number of alkyl halides is 2. The topological polar surface area (TPSA) is 147 Å². The number of sulfonamides is 1. The molecule has 1 aliphatic carbocycles. The van der Waals surface area contributed by atoms with Gasteiger partial charge in [-0.2, -0.15) is 18.2 Å². The number of hydrogen-bond acceptors (Lipinski definition) is 10. The summed E-state index contributed by atoms with van der Waals surface area (Å²) >= 11 is 12.8. The zero-order valence-corrected chi connectivity index (χ0v) is 33.0. The molecule has 2 unspecified atom stereocenters. The van der Waals surface area contributed by atoms with Gasteiger partial charge in [0.15, 0.2) is 23.9 Å². The molecule has 4 fully saturated rings. The first-order valence-corrected chi connectivity index (χ1v) is 20.8. The predicted octanol–water partition coefficient (Wildman–Crippen LogP) is 6.95. The van der Waals surface area contributed by atoms with Crippen molar-refractivity contribution in [2.75, 3.05) is 26.2 Å². The Hall–Kier alpha value is -4.61. The van der Waals surface area contributed by atoms with Crippen LogP contribution in [0.4, 0.5) is 13.2 Å². The van der Waals surface area contributed by atoms with Crippen molar-refractivity contribution in [1.82, 2.24) is 9.62 Å². The Bertz CT molecular complexity index is 2250. The number of ether oxygens (including phenoxy) is 4. The molecule has 4 heterocycles. The Kier molecular flexibility index (Phi) is 12.7. The van der Waals surface area contributed by atoms with E-state index in [9.17, 15) is 36.4 Å². The summed E-state index contributed by atoms with van der Waals surface area (Å²) in [4.78, 5) is 29.3. The molecule has 3 saturated heterocycles. The SMILES string of the molecule is O=C(OC(Cc1c(Cl)c[n+]([O-])cc1Cl)c1ccc(OC(F)F)c(OCC2CC2)c1)c1cccc(S(=O)(=O)NC(C(=O)O[C@H]2CN3CCC2CC3)c2cccc(F)c2)c1. The summed E-state index contributed by atoms with van der Waals surface area (Å²) < 4.78 is 93.9. The fraction of sp³-hybridized carbons (Fsp3) is 0.375. The number of esters is 2. The lowest BCUT2D eigenvalue weighted by atomic mass is 9.86. The maximum absolute atomic E-state index is 14.4. The van der Waals surface area contributed by atoms with E-state index < -0.39 is 57.5 Å². The summed E-state index contributed by atoms with van der Waals surface area (Å²) in [6.07, 6.45) is 3.67. The Labute approximate surface area is 342 Å². The van der Waals surface area contributed by atoms with Crippen molar-refractivity contribution >= 4 is 45.2 Å². The van der Waals surface area contributed by atoms with Crippen LogP contribution in [-0.2, 0) is 30.7 Å². The number of rotatable bonds is 16. The van der Waals surface area contributed by atoms with Crippen LogP contribution in [0.25, 0.3) is 0 Å². The van der Waals surface area contributed by atoms with E-state index in [4.69, 9.17) is 37.4 Å². The van der Waals surface area contributed by atoms with E-state index >= 15 is 0 Å². The molecule has 58 heavy (non-hydrogen) atoms. The molecule has 1 N–H and O–H groups in total. The lowest BCUT2D eigenvalue weighted by Crippen LogP contribution is -2.52. The second-order valence-electron chi connectivity index (χ2n) is 14.5. The van der Waals surface area contributed by atoms with Crippen molar-refractivity contribution < 1.29 is 54.9 Å². The molecule has 3 atom stereocenters. The van der Waals surface area contributed by atoms with Crippen LogP contribution >= 0.6 is 23.2 Å². The number of nitrogens with one attached hydrogen (secondary N) is 1. The fourth-order valence-electron chi connectivity index (χ4n) is 7.07. The summed E-state index contributed by atoms with van der Waals surface area (Å²) in [5.74, 6) is -2.53. The molecule has 4 aromatic rings. The third-order valence-corrected chi connectivity index (χ3v) is 12.4. The lowest BCUT2D eigenvalue weighted by molar-refractivity contribution is -0.605. The molecular formula is C40H38Cl2F3N3O9S. The second-order valence-corrected chi connectivity index (χ2v) is 17.0. The zero-order chi connectivity index (χ0) is 41.1. The molecule has 1 aromatic heterocycles. The Morgan fingerprint density at radius 1 is 0.931 bits per heavy atom. The number of hydrogen-bond donors (Lipinski definition) is 1. The molecule has 3 aliphatic heterocycles. The van der Waals surface area contributed by atoms with Crippen molar-refractivity contribution in [2.24, 2.45) is 11.8 Å². The van der Waals surface area contributed by atoms with E-state index in [1.807, 2.05) is 0 Å². The standard InChI is InChI=1S/C40H38Cl2F3N3O9S/c41-31-19-48(51)20-32(42)30(31)18-34(25-9-10-33(57-40(44)45)35(17-25)54-22-23-7-8-23)55-38(49)27-4-2-6-29(16-27)58(52,53)46-37(26-3-1-5-28(43)15-26)39(50)56-36-21-47-13-11-24(36)12-14-47/h1-6,9-10,15-17,19-20,23-24,34,36-37,40,46H,7-8,11-14,18,21-22H2/t34?,36-,37?/m0/s1. The first kappa shape index (κ1) is 41.5. The third-order valence-electron chi connectivity index (χ3n) is 10.4. The van der Waals surface area contributed by atoms with E-state index in [1.165, 1.54) is 48.5 Å². The summed E-state index contributed by atoms with van der Waals surface area (Å²) in [7, 11) is -4.60. The molecule has 3 aromatic carbocycles. The van der Waals surface area contributed by atoms with E-state index in [-0.39, 0.29) is 68.7 Å². The highest BCUT2D eigenvalue weighted by molar-refractivity contribution is 7.89. The van der Waals surface area contributed by atoms with Crippen molar-refractivity contribution in [3.63, 3.8) is 0 Å². The second kappa shape index (κ2) is 17.7. The summed E-state index contributed by atoms with van der Waals surface area (Å²) in [5.41, 5.74) is 0.252. The van der Waals surface area contributed by atoms with Crippen LogP contribution in [0.5, 0.6) is 11.5 Å². The Morgan fingerprint density at radius 3 is 2.31 bits per heavy atom. The van der Waals surface area contributed by atoms with E-state index in [0.29, 0.717) is 11.3 Å². The van der Waals surface area contributed by atoms with Crippen LogP contribution in [0.1, 0.15) is 64.9 Å². The molecular weight excluding hydrogens is 826 g/mol. The lowest BCUT2D eigenvalue weighted by Gasteiger charge is -2.44. The number of carbonyl (C=O) groups is 2. The molecule has 2 bridgehead atoms. The average Bonchev–Trinajstić information content (AvgIpc) is 4.02. The Morgan fingerprint density at radius 2 is 1.66 bits per heavy atom. The maximum Gasteiger partial charge on any atom is 0.387 e. The Balaban J connectivity index is 1.16. The minimum atomic E-state index is -4.60. The van der Waals surface area contributed by atoms with Gasteiger partial charge in [0.1, 0.15) is 34.1 Å². The molecule has 8 rings (SSSR count). The van der Waals surface area contributed by atoms with Gasteiger partial charge in [-0.1, -0.05) is 47.5 Å². The highest BCUT2D eigenvalue weighted by Crippen LogP contribution is 2.38. The van der Waals surface area contributed by atoms with Crippen molar-refractivity contribution in [3.8, 4) is 11.5 Å². The third kappa shape index (κ3) is 10.1. The van der Waals surface area contributed by atoms with Crippen LogP contribution in [0.15, 0.2) is 84.0 Å². The van der Waals surface area contributed by atoms with Crippen LogP contribution in [0.2, 0.25) is 10.0 Å². The number of carbonyl (C=O) groups excluding carboxylic acids is 2. The molecule has 308 valence electrons.